The summed E-state index contributed by atoms with van der Waals surface area (Å²) >= 11 is 0. The predicted molar refractivity (Wildman–Crippen MR) is 65.6 cm³/mol. The van der Waals surface area contributed by atoms with E-state index in [-0.39, 0.29) is 25.0 Å². The van der Waals surface area contributed by atoms with Gasteiger partial charge in [0.05, 0.1) is 12.5 Å². The normalized spacial score (nSPS) is 21.3. The molecule has 1 aromatic rings. The lowest BCUT2D eigenvalue weighted by molar-refractivity contribution is -0.137. The molecule has 19 heavy (non-hydrogen) atoms. The summed E-state index contributed by atoms with van der Waals surface area (Å²) in [6.45, 7) is 0.751. The van der Waals surface area contributed by atoms with Gasteiger partial charge in [0.25, 0.3) is 0 Å². The van der Waals surface area contributed by atoms with E-state index in [2.05, 4.69) is 5.32 Å². The van der Waals surface area contributed by atoms with E-state index >= 15 is 0 Å². The van der Waals surface area contributed by atoms with Gasteiger partial charge < -0.3 is 14.8 Å². The van der Waals surface area contributed by atoms with Gasteiger partial charge in [-0.25, -0.2) is 0 Å². The number of imide groups is 1. The minimum Gasteiger partial charge on any atom is -0.454 e. The first-order valence-corrected chi connectivity index (χ1v) is 6.07. The smallest absolute Gasteiger partial charge is 0.246 e. The van der Waals surface area contributed by atoms with Crippen molar-refractivity contribution in [2.24, 2.45) is 0 Å². The van der Waals surface area contributed by atoms with Crippen LogP contribution in [0.25, 0.3) is 0 Å². The molecule has 1 N–H and O–H groups in total. The number of carbonyl (C=O) groups is 2. The third kappa shape index (κ3) is 2.15. The molecule has 0 spiro atoms. The van der Waals surface area contributed by atoms with Crippen LogP contribution in [0.5, 0.6) is 11.5 Å². The summed E-state index contributed by atoms with van der Waals surface area (Å²) in [6.07, 6.45) is 0.222. The van der Waals surface area contributed by atoms with Crippen molar-refractivity contribution in [2.75, 3.05) is 13.8 Å². The van der Waals surface area contributed by atoms with E-state index in [1.165, 1.54) is 7.05 Å². The first kappa shape index (κ1) is 12.0. The topological polar surface area (TPSA) is 67.9 Å². The van der Waals surface area contributed by atoms with Crippen LogP contribution in [0.1, 0.15) is 12.0 Å². The molecule has 6 heteroatoms. The monoisotopic (exact) mass is 262 g/mol. The molecule has 0 radical (unpaired) electrons. The number of likely N-dealkylation sites (tertiary alicyclic amines) is 1. The molecule has 1 aromatic carbocycles. The number of hydrogen-bond acceptors (Lipinski definition) is 5. The second-order valence-corrected chi connectivity index (χ2v) is 4.62. The Kier molecular flexibility index (Phi) is 2.87. The fourth-order valence-electron chi connectivity index (χ4n) is 2.21. The molecule has 1 atom stereocenters. The zero-order chi connectivity index (χ0) is 13.4. The van der Waals surface area contributed by atoms with E-state index in [4.69, 9.17) is 9.47 Å². The summed E-state index contributed by atoms with van der Waals surface area (Å²) in [5.74, 6) is 1.12. The number of ether oxygens (including phenoxy) is 2. The van der Waals surface area contributed by atoms with Crippen molar-refractivity contribution in [3.63, 3.8) is 0 Å². The Morgan fingerprint density at radius 1 is 1.32 bits per heavy atom. The van der Waals surface area contributed by atoms with Crippen LogP contribution >= 0.6 is 0 Å². The van der Waals surface area contributed by atoms with Gasteiger partial charge in [0.1, 0.15) is 0 Å². The molecule has 2 amide bonds. The number of benzene rings is 1. The zero-order valence-electron chi connectivity index (χ0n) is 10.5. The van der Waals surface area contributed by atoms with E-state index < -0.39 is 6.04 Å². The number of fused-ring (bicyclic) bond motifs is 1. The van der Waals surface area contributed by atoms with Crippen LogP contribution in [0.2, 0.25) is 0 Å². The first-order chi connectivity index (χ1) is 9.15. The Balaban J connectivity index is 1.64. The second-order valence-electron chi connectivity index (χ2n) is 4.62. The zero-order valence-corrected chi connectivity index (χ0v) is 10.5. The van der Waals surface area contributed by atoms with Crippen LogP contribution < -0.4 is 14.8 Å². The molecule has 0 aromatic heterocycles. The Bertz CT molecular complexity index is 543. The van der Waals surface area contributed by atoms with E-state index in [1.54, 1.807) is 0 Å². The molecule has 100 valence electrons. The molecule has 6 nitrogen and oxygen atoms in total. The van der Waals surface area contributed by atoms with Crippen molar-refractivity contribution < 1.29 is 19.1 Å². The Morgan fingerprint density at radius 2 is 2.11 bits per heavy atom. The average molecular weight is 262 g/mol. The average Bonchev–Trinajstić information content (AvgIpc) is 2.96. The van der Waals surface area contributed by atoms with Gasteiger partial charge in [-0.05, 0) is 17.7 Å². The maximum atomic E-state index is 11.7. The van der Waals surface area contributed by atoms with Crippen LogP contribution in [-0.4, -0.2) is 36.6 Å². The van der Waals surface area contributed by atoms with E-state index in [0.717, 1.165) is 16.2 Å². The summed E-state index contributed by atoms with van der Waals surface area (Å²) in [5, 5.41) is 3.09. The first-order valence-electron chi connectivity index (χ1n) is 6.07. The molecule has 2 aliphatic rings. The lowest BCUT2D eigenvalue weighted by atomic mass is 10.1. The fourth-order valence-corrected chi connectivity index (χ4v) is 2.21. The quantitative estimate of drug-likeness (QED) is 0.791. The lowest BCUT2D eigenvalue weighted by Crippen LogP contribution is -2.36. The lowest BCUT2D eigenvalue weighted by Gasteiger charge is -2.11. The van der Waals surface area contributed by atoms with Crippen LogP contribution in [-0.2, 0) is 16.1 Å². The number of nitrogens with one attached hydrogen (secondary N) is 1. The summed E-state index contributed by atoms with van der Waals surface area (Å²) in [5.41, 5.74) is 0.985. The second kappa shape index (κ2) is 4.55. The highest BCUT2D eigenvalue weighted by molar-refractivity contribution is 6.05. The molecule has 0 saturated carbocycles. The van der Waals surface area contributed by atoms with Crippen LogP contribution in [0.4, 0.5) is 0 Å². The van der Waals surface area contributed by atoms with Crippen molar-refractivity contribution in [2.45, 2.75) is 19.0 Å². The Morgan fingerprint density at radius 3 is 2.84 bits per heavy atom. The number of carbonyl (C=O) groups excluding carboxylic acids is 2. The molecule has 0 aliphatic carbocycles. The van der Waals surface area contributed by atoms with E-state index in [9.17, 15) is 9.59 Å². The molecule has 1 fully saturated rings. The highest BCUT2D eigenvalue weighted by Gasteiger charge is 2.35. The standard InChI is InChI=1S/C13H14N2O4/c1-15-12(16)5-9(13(15)17)14-6-8-2-3-10-11(4-8)19-7-18-10/h2-4,9,14H,5-7H2,1H3/t9-/m1/s1. The van der Waals surface area contributed by atoms with Crippen molar-refractivity contribution in [3.05, 3.63) is 23.8 Å². The van der Waals surface area contributed by atoms with Crippen molar-refractivity contribution in [3.8, 4) is 11.5 Å². The highest BCUT2D eigenvalue weighted by Crippen LogP contribution is 2.32. The van der Waals surface area contributed by atoms with Gasteiger partial charge in [-0.15, -0.1) is 0 Å². The minimum atomic E-state index is -0.428. The van der Waals surface area contributed by atoms with Crippen molar-refractivity contribution >= 4 is 11.8 Å². The van der Waals surface area contributed by atoms with Gasteiger partial charge in [-0.2, -0.15) is 0 Å². The summed E-state index contributed by atoms with van der Waals surface area (Å²) in [4.78, 5) is 24.3. The van der Waals surface area contributed by atoms with E-state index in [0.29, 0.717) is 12.3 Å². The van der Waals surface area contributed by atoms with Crippen molar-refractivity contribution in [1.29, 1.82) is 0 Å². The molecule has 0 unspecified atom stereocenters. The molecular weight excluding hydrogens is 248 g/mol. The maximum Gasteiger partial charge on any atom is 0.246 e. The minimum absolute atomic E-state index is 0.145. The molecule has 1 saturated heterocycles. The molecule has 2 heterocycles. The third-order valence-corrected chi connectivity index (χ3v) is 3.37. The van der Waals surface area contributed by atoms with Crippen LogP contribution in [0.15, 0.2) is 18.2 Å². The Labute approximate surface area is 110 Å². The van der Waals surface area contributed by atoms with Crippen LogP contribution in [0.3, 0.4) is 0 Å². The fraction of sp³-hybridized carbons (Fsp3) is 0.385. The molecular formula is C13H14N2O4. The van der Waals surface area contributed by atoms with Gasteiger partial charge in [-0.3, -0.25) is 14.5 Å². The number of rotatable bonds is 3. The maximum absolute atomic E-state index is 11.7. The number of nitrogens with zero attached hydrogens (tertiary/aromatic N) is 1. The number of amides is 2. The highest BCUT2D eigenvalue weighted by atomic mass is 16.7. The molecule has 3 rings (SSSR count). The van der Waals surface area contributed by atoms with Gasteiger partial charge in [0.2, 0.25) is 18.6 Å². The SMILES string of the molecule is CN1C(=O)C[C@@H](NCc2ccc3c(c2)OCO3)C1=O. The molecule has 2 aliphatic heterocycles. The van der Waals surface area contributed by atoms with Gasteiger partial charge in [-0.1, -0.05) is 6.07 Å². The predicted octanol–water partition coefficient (Wildman–Crippen LogP) is 0.262. The number of likely N-dealkylation sites (N-methyl/N-ethyl adjacent to an activating group) is 1. The van der Waals surface area contributed by atoms with E-state index in [1.807, 2.05) is 18.2 Å². The van der Waals surface area contributed by atoms with Gasteiger partial charge in [0, 0.05) is 13.6 Å². The van der Waals surface area contributed by atoms with Crippen LogP contribution in [0, 0.1) is 0 Å². The Hall–Kier alpha value is -2.08. The summed E-state index contributed by atoms with van der Waals surface area (Å²) < 4.78 is 10.5. The van der Waals surface area contributed by atoms with Gasteiger partial charge >= 0.3 is 0 Å². The number of hydrogen-bond donors (Lipinski definition) is 1. The van der Waals surface area contributed by atoms with Gasteiger partial charge in [0.15, 0.2) is 11.5 Å². The van der Waals surface area contributed by atoms with Crippen molar-refractivity contribution in [1.82, 2.24) is 10.2 Å². The molecule has 0 bridgehead atoms. The summed E-state index contributed by atoms with van der Waals surface area (Å²) in [7, 11) is 1.51. The summed E-state index contributed by atoms with van der Waals surface area (Å²) in [6, 6.07) is 5.20. The third-order valence-electron chi connectivity index (χ3n) is 3.37. The largest absolute Gasteiger partial charge is 0.454 e.